The molecule has 0 saturated heterocycles. The Morgan fingerprint density at radius 1 is 1.21 bits per heavy atom. The fraction of sp³-hybridized carbons (Fsp3) is 0.133. The maximum atomic E-state index is 12.4. The molecule has 1 N–H and O–H groups in total. The maximum Gasteiger partial charge on any atom is 0.284 e. The van der Waals surface area contributed by atoms with Gasteiger partial charge in [0.1, 0.15) is 11.5 Å². The number of halogens is 2. The van der Waals surface area contributed by atoms with Crippen molar-refractivity contribution in [2.24, 2.45) is 0 Å². The molecule has 2 aromatic rings. The third kappa shape index (κ3) is 3.77. The Bertz CT molecular complexity index is 813. The Hall–Kier alpha value is -2.32. The summed E-state index contributed by atoms with van der Waals surface area (Å²) in [6, 6.07) is 7.08. The summed E-state index contributed by atoms with van der Waals surface area (Å²) in [5.74, 6) is 0.201. The summed E-state index contributed by atoms with van der Waals surface area (Å²) in [6.45, 7) is 0. The number of hydrogen-bond donors (Lipinski definition) is 1. The number of carbonyl (C=O) groups is 1. The summed E-state index contributed by atoms with van der Waals surface area (Å²) in [6.07, 6.45) is 0. The molecule has 0 radical (unpaired) electrons. The normalized spacial score (nSPS) is 10.2. The fourth-order valence-corrected chi connectivity index (χ4v) is 2.58. The SMILES string of the molecule is COc1cc(OC)c(NC(=O)c2ccc(Br)c([N+](=O)[O-])c2)cc1Cl. The van der Waals surface area contributed by atoms with Crippen molar-refractivity contribution < 1.29 is 19.2 Å². The molecule has 0 bridgehead atoms. The molecule has 0 aliphatic rings. The van der Waals surface area contributed by atoms with Crippen LogP contribution in [-0.4, -0.2) is 25.1 Å². The van der Waals surface area contributed by atoms with Crippen LogP contribution in [0.15, 0.2) is 34.8 Å². The fourth-order valence-electron chi connectivity index (χ4n) is 1.95. The lowest BCUT2D eigenvalue weighted by Gasteiger charge is -2.13. The second-order valence-electron chi connectivity index (χ2n) is 4.56. The van der Waals surface area contributed by atoms with Crippen LogP contribution in [0.5, 0.6) is 11.5 Å². The van der Waals surface area contributed by atoms with Gasteiger partial charge in [0.25, 0.3) is 11.6 Å². The Kier molecular flexibility index (Phi) is 5.63. The van der Waals surface area contributed by atoms with Crippen LogP contribution in [-0.2, 0) is 0 Å². The number of amides is 1. The van der Waals surface area contributed by atoms with Crippen molar-refractivity contribution in [1.82, 2.24) is 0 Å². The van der Waals surface area contributed by atoms with Crippen molar-refractivity contribution in [3.63, 3.8) is 0 Å². The second kappa shape index (κ2) is 7.50. The van der Waals surface area contributed by atoms with Gasteiger partial charge in [-0.1, -0.05) is 11.6 Å². The number of nitrogens with one attached hydrogen (secondary N) is 1. The van der Waals surface area contributed by atoms with Crippen molar-refractivity contribution in [3.05, 3.63) is 55.5 Å². The molecule has 1 amide bonds. The molecular formula is C15H12BrClN2O5. The van der Waals surface area contributed by atoms with Crippen LogP contribution in [0.3, 0.4) is 0 Å². The van der Waals surface area contributed by atoms with Gasteiger partial charge in [0, 0.05) is 17.7 Å². The van der Waals surface area contributed by atoms with Gasteiger partial charge in [-0.3, -0.25) is 14.9 Å². The quantitative estimate of drug-likeness (QED) is 0.581. The summed E-state index contributed by atoms with van der Waals surface area (Å²) >= 11 is 9.12. The summed E-state index contributed by atoms with van der Waals surface area (Å²) in [7, 11) is 2.89. The van der Waals surface area contributed by atoms with E-state index in [-0.39, 0.29) is 20.7 Å². The lowest BCUT2D eigenvalue weighted by atomic mass is 10.2. The molecular weight excluding hydrogens is 404 g/mol. The zero-order valence-corrected chi connectivity index (χ0v) is 15.0. The first-order chi connectivity index (χ1) is 11.4. The van der Waals surface area contributed by atoms with E-state index in [0.29, 0.717) is 17.2 Å². The van der Waals surface area contributed by atoms with Crippen LogP contribution in [0, 0.1) is 10.1 Å². The van der Waals surface area contributed by atoms with E-state index in [4.69, 9.17) is 21.1 Å². The smallest absolute Gasteiger partial charge is 0.284 e. The highest BCUT2D eigenvalue weighted by molar-refractivity contribution is 9.10. The third-order valence-corrected chi connectivity index (χ3v) is 4.09. The number of rotatable bonds is 5. The molecule has 7 nitrogen and oxygen atoms in total. The van der Waals surface area contributed by atoms with Gasteiger partial charge < -0.3 is 14.8 Å². The summed E-state index contributed by atoms with van der Waals surface area (Å²) in [5.41, 5.74) is 0.236. The van der Waals surface area contributed by atoms with Gasteiger partial charge in [0.15, 0.2) is 0 Å². The van der Waals surface area contributed by atoms with E-state index < -0.39 is 10.8 Å². The topological polar surface area (TPSA) is 90.7 Å². The van der Waals surface area contributed by atoms with E-state index in [1.807, 2.05) is 0 Å². The zero-order valence-electron chi connectivity index (χ0n) is 12.6. The van der Waals surface area contributed by atoms with E-state index in [9.17, 15) is 14.9 Å². The maximum absolute atomic E-state index is 12.4. The van der Waals surface area contributed by atoms with Gasteiger partial charge in [0.2, 0.25) is 0 Å². The van der Waals surface area contributed by atoms with Crippen LogP contribution in [0.25, 0.3) is 0 Å². The van der Waals surface area contributed by atoms with Gasteiger partial charge in [0.05, 0.1) is 34.3 Å². The van der Waals surface area contributed by atoms with E-state index in [0.717, 1.165) is 0 Å². The molecule has 24 heavy (non-hydrogen) atoms. The summed E-state index contributed by atoms with van der Waals surface area (Å²) < 4.78 is 10.6. The van der Waals surface area contributed by atoms with Gasteiger partial charge >= 0.3 is 0 Å². The molecule has 0 atom stereocenters. The first-order valence-corrected chi connectivity index (χ1v) is 7.71. The largest absolute Gasteiger partial charge is 0.495 e. The number of methoxy groups -OCH3 is 2. The molecule has 0 heterocycles. The monoisotopic (exact) mass is 414 g/mol. The van der Waals surface area contributed by atoms with Crippen molar-refractivity contribution in [1.29, 1.82) is 0 Å². The minimum atomic E-state index is -0.578. The molecule has 0 fully saturated rings. The Morgan fingerprint density at radius 3 is 2.46 bits per heavy atom. The van der Waals surface area contributed by atoms with Crippen molar-refractivity contribution in [2.45, 2.75) is 0 Å². The lowest BCUT2D eigenvalue weighted by molar-refractivity contribution is -0.385. The summed E-state index contributed by atoms with van der Waals surface area (Å²) in [5, 5.41) is 13.9. The number of benzene rings is 2. The first-order valence-electron chi connectivity index (χ1n) is 6.54. The highest BCUT2D eigenvalue weighted by Crippen LogP contribution is 2.36. The second-order valence-corrected chi connectivity index (χ2v) is 5.83. The molecule has 2 rings (SSSR count). The minimum absolute atomic E-state index is 0.124. The van der Waals surface area contributed by atoms with Gasteiger partial charge in [-0.15, -0.1) is 0 Å². The number of anilines is 1. The van der Waals surface area contributed by atoms with Crippen LogP contribution in [0.4, 0.5) is 11.4 Å². The average Bonchev–Trinajstić information content (AvgIpc) is 2.55. The summed E-state index contributed by atoms with van der Waals surface area (Å²) in [4.78, 5) is 22.7. The minimum Gasteiger partial charge on any atom is -0.495 e. The van der Waals surface area contributed by atoms with E-state index >= 15 is 0 Å². The predicted molar refractivity (Wildman–Crippen MR) is 93.3 cm³/mol. The molecule has 0 spiro atoms. The van der Waals surface area contributed by atoms with Gasteiger partial charge in [-0.2, -0.15) is 0 Å². The van der Waals surface area contributed by atoms with Crippen LogP contribution in [0.2, 0.25) is 5.02 Å². The van der Waals surface area contributed by atoms with Crippen molar-refractivity contribution in [2.75, 3.05) is 19.5 Å². The number of carbonyl (C=O) groups excluding carboxylic acids is 1. The van der Waals surface area contributed by atoms with E-state index in [1.54, 1.807) is 0 Å². The molecule has 126 valence electrons. The zero-order chi connectivity index (χ0) is 17.9. The number of ether oxygens (including phenoxy) is 2. The number of hydrogen-bond acceptors (Lipinski definition) is 5. The van der Waals surface area contributed by atoms with Crippen LogP contribution in [0.1, 0.15) is 10.4 Å². The molecule has 9 heteroatoms. The standard InChI is InChI=1S/C15H12BrClN2O5/c1-23-13-7-14(24-2)11(6-10(13)17)18-15(20)8-3-4-9(16)12(5-8)19(21)22/h3-7H,1-2H3,(H,18,20). The predicted octanol–water partition coefficient (Wildman–Crippen LogP) is 4.28. The van der Waals surface area contributed by atoms with Crippen LogP contribution >= 0.6 is 27.5 Å². The molecule has 0 aliphatic heterocycles. The Balaban J connectivity index is 2.35. The number of nitro groups is 1. The molecule has 0 unspecified atom stereocenters. The van der Waals surface area contributed by atoms with Crippen molar-refractivity contribution in [3.8, 4) is 11.5 Å². The number of nitrogens with zero attached hydrogens (tertiary/aromatic N) is 1. The highest BCUT2D eigenvalue weighted by Gasteiger charge is 2.18. The van der Waals surface area contributed by atoms with Crippen molar-refractivity contribution >= 4 is 44.8 Å². The van der Waals surface area contributed by atoms with E-state index in [1.165, 1.54) is 44.6 Å². The molecule has 0 aliphatic carbocycles. The molecule has 2 aromatic carbocycles. The van der Waals surface area contributed by atoms with E-state index in [2.05, 4.69) is 21.2 Å². The highest BCUT2D eigenvalue weighted by atomic mass is 79.9. The lowest BCUT2D eigenvalue weighted by Crippen LogP contribution is -2.13. The first kappa shape index (κ1) is 18.0. The Labute approximate surface area is 150 Å². The molecule has 0 saturated carbocycles. The third-order valence-electron chi connectivity index (χ3n) is 3.13. The Morgan fingerprint density at radius 2 is 1.88 bits per heavy atom. The number of nitro benzene ring substituents is 1. The average molecular weight is 416 g/mol. The van der Waals surface area contributed by atoms with Crippen LogP contribution < -0.4 is 14.8 Å². The molecule has 0 aromatic heterocycles. The van der Waals surface area contributed by atoms with Gasteiger partial charge in [-0.05, 0) is 34.1 Å². The van der Waals surface area contributed by atoms with Gasteiger partial charge in [-0.25, -0.2) is 0 Å².